The summed E-state index contributed by atoms with van der Waals surface area (Å²) in [5.74, 6) is 0.613. The van der Waals surface area contributed by atoms with Crippen LogP contribution in [0, 0.1) is 0 Å². The van der Waals surface area contributed by atoms with Crippen LogP contribution in [0.3, 0.4) is 0 Å². The number of carbonyl (C=O) groups is 1. The number of nitrogen functional groups attached to an aromatic ring is 1. The molecule has 0 bridgehead atoms. The van der Waals surface area contributed by atoms with Crippen LogP contribution in [0.1, 0.15) is 10.4 Å². The van der Waals surface area contributed by atoms with E-state index in [-0.39, 0.29) is 11.6 Å². The van der Waals surface area contributed by atoms with Gasteiger partial charge in [-0.05, 0) is 36.4 Å². The Balaban J connectivity index is 2.14. The first-order chi connectivity index (χ1) is 8.70. The van der Waals surface area contributed by atoms with Crippen molar-refractivity contribution in [2.45, 2.75) is 0 Å². The molecule has 0 saturated heterocycles. The number of ether oxygens (including phenoxy) is 2. The highest BCUT2D eigenvalue weighted by Crippen LogP contribution is 2.19. The smallest absolute Gasteiger partial charge is 0.343 e. The molecule has 18 heavy (non-hydrogen) atoms. The molecule has 92 valence electrons. The summed E-state index contributed by atoms with van der Waals surface area (Å²) in [4.78, 5) is 15.7. The summed E-state index contributed by atoms with van der Waals surface area (Å²) < 4.78 is 10.1. The Bertz CT molecular complexity index is 552. The molecule has 0 aliphatic carbocycles. The van der Waals surface area contributed by atoms with Crippen molar-refractivity contribution < 1.29 is 14.3 Å². The fraction of sp³-hybridized carbons (Fsp3) is 0.0769. The zero-order valence-electron chi connectivity index (χ0n) is 9.79. The normalized spacial score (nSPS) is 9.83. The number of esters is 1. The number of anilines is 1. The molecular formula is C13H12N2O3. The highest BCUT2D eigenvalue weighted by atomic mass is 16.5. The third kappa shape index (κ3) is 2.57. The number of rotatable bonds is 3. The van der Waals surface area contributed by atoms with Crippen LogP contribution in [0.5, 0.6) is 11.5 Å². The summed E-state index contributed by atoms with van der Waals surface area (Å²) in [6, 6.07) is 9.84. The third-order valence-electron chi connectivity index (χ3n) is 2.33. The Morgan fingerprint density at radius 3 is 2.56 bits per heavy atom. The zero-order valence-corrected chi connectivity index (χ0v) is 9.79. The topological polar surface area (TPSA) is 74.4 Å². The second-order valence-corrected chi connectivity index (χ2v) is 3.50. The molecule has 0 aliphatic rings. The number of nitrogens with zero attached hydrogens (tertiary/aromatic N) is 1. The van der Waals surface area contributed by atoms with Crippen LogP contribution in [0.4, 0.5) is 5.82 Å². The van der Waals surface area contributed by atoms with Crippen molar-refractivity contribution in [1.82, 2.24) is 4.98 Å². The Morgan fingerprint density at radius 1 is 1.22 bits per heavy atom. The third-order valence-corrected chi connectivity index (χ3v) is 2.33. The van der Waals surface area contributed by atoms with E-state index in [1.807, 2.05) is 0 Å². The largest absolute Gasteiger partial charge is 0.497 e. The molecule has 0 radical (unpaired) electrons. The van der Waals surface area contributed by atoms with Crippen molar-refractivity contribution in [3.63, 3.8) is 0 Å². The van der Waals surface area contributed by atoms with E-state index in [4.69, 9.17) is 15.2 Å². The standard InChI is InChI=1S/C13H12N2O3/c1-17-10-6-4-9(5-7-10)13(16)18-11-3-2-8-15-12(11)14/h2-8H,1H3,(H2,14,15). The van der Waals surface area contributed by atoms with Crippen LogP contribution in [0.15, 0.2) is 42.6 Å². The molecule has 1 heterocycles. The molecule has 2 rings (SSSR count). The number of benzene rings is 1. The monoisotopic (exact) mass is 244 g/mol. The van der Waals surface area contributed by atoms with Crippen molar-refractivity contribution in [1.29, 1.82) is 0 Å². The maximum atomic E-state index is 11.8. The van der Waals surface area contributed by atoms with Crippen molar-refractivity contribution in [2.24, 2.45) is 0 Å². The molecule has 2 aromatic rings. The second kappa shape index (κ2) is 5.18. The van der Waals surface area contributed by atoms with Crippen LogP contribution in [0.2, 0.25) is 0 Å². The van der Waals surface area contributed by atoms with E-state index in [9.17, 15) is 4.79 Å². The Hall–Kier alpha value is -2.56. The van der Waals surface area contributed by atoms with E-state index >= 15 is 0 Å². The van der Waals surface area contributed by atoms with Gasteiger partial charge in [-0.1, -0.05) is 0 Å². The quantitative estimate of drug-likeness (QED) is 0.834. The first-order valence-electron chi connectivity index (χ1n) is 5.27. The summed E-state index contributed by atoms with van der Waals surface area (Å²) >= 11 is 0. The van der Waals surface area contributed by atoms with Gasteiger partial charge >= 0.3 is 5.97 Å². The van der Waals surface area contributed by atoms with Gasteiger partial charge in [0, 0.05) is 6.20 Å². The summed E-state index contributed by atoms with van der Waals surface area (Å²) in [6.45, 7) is 0. The fourth-order valence-electron chi connectivity index (χ4n) is 1.37. The molecule has 0 spiro atoms. The summed E-state index contributed by atoms with van der Waals surface area (Å²) in [7, 11) is 1.56. The van der Waals surface area contributed by atoms with Gasteiger partial charge < -0.3 is 15.2 Å². The lowest BCUT2D eigenvalue weighted by molar-refractivity contribution is 0.0735. The number of carbonyl (C=O) groups excluding carboxylic acids is 1. The minimum absolute atomic E-state index is 0.180. The molecule has 0 unspecified atom stereocenters. The van der Waals surface area contributed by atoms with Crippen LogP contribution in [0.25, 0.3) is 0 Å². The fourth-order valence-corrected chi connectivity index (χ4v) is 1.37. The lowest BCUT2D eigenvalue weighted by Crippen LogP contribution is -2.10. The number of methoxy groups -OCH3 is 1. The lowest BCUT2D eigenvalue weighted by Gasteiger charge is -2.06. The van der Waals surface area contributed by atoms with E-state index in [1.54, 1.807) is 43.5 Å². The van der Waals surface area contributed by atoms with Crippen molar-refractivity contribution >= 4 is 11.8 Å². The second-order valence-electron chi connectivity index (χ2n) is 3.50. The van der Waals surface area contributed by atoms with Crippen molar-refractivity contribution in [2.75, 3.05) is 12.8 Å². The summed E-state index contributed by atoms with van der Waals surface area (Å²) in [5.41, 5.74) is 6.00. The Kier molecular flexibility index (Phi) is 3.43. The van der Waals surface area contributed by atoms with E-state index in [0.717, 1.165) is 0 Å². The minimum Gasteiger partial charge on any atom is -0.497 e. The number of hydrogen-bond donors (Lipinski definition) is 1. The van der Waals surface area contributed by atoms with E-state index < -0.39 is 5.97 Å². The molecule has 0 aliphatic heterocycles. The maximum Gasteiger partial charge on any atom is 0.343 e. The van der Waals surface area contributed by atoms with Gasteiger partial charge in [-0.3, -0.25) is 0 Å². The molecule has 2 N–H and O–H groups in total. The highest BCUT2D eigenvalue weighted by Gasteiger charge is 2.10. The van der Waals surface area contributed by atoms with Gasteiger partial charge in [0.25, 0.3) is 0 Å². The number of aromatic nitrogens is 1. The maximum absolute atomic E-state index is 11.8. The molecule has 0 amide bonds. The van der Waals surface area contributed by atoms with Gasteiger partial charge in [-0.25, -0.2) is 9.78 Å². The van der Waals surface area contributed by atoms with E-state index in [1.165, 1.54) is 6.20 Å². The van der Waals surface area contributed by atoms with Crippen molar-refractivity contribution in [3.05, 3.63) is 48.2 Å². The van der Waals surface area contributed by atoms with Gasteiger partial charge in [-0.15, -0.1) is 0 Å². The summed E-state index contributed by atoms with van der Waals surface area (Å²) in [6.07, 6.45) is 1.53. The van der Waals surface area contributed by atoms with Gasteiger partial charge in [0.2, 0.25) is 0 Å². The van der Waals surface area contributed by atoms with E-state index in [0.29, 0.717) is 11.3 Å². The highest BCUT2D eigenvalue weighted by molar-refractivity contribution is 5.91. The first kappa shape index (κ1) is 11.9. The van der Waals surface area contributed by atoms with E-state index in [2.05, 4.69) is 4.98 Å². The Labute approximate surface area is 104 Å². The number of hydrogen-bond acceptors (Lipinski definition) is 5. The predicted molar refractivity (Wildman–Crippen MR) is 66.6 cm³/mol. The number of nitrogens with two attached hydrogens (primary N) is 1. The minimum atomic E-state index is -0.489. The average molecular weight is 244 g/mol. The molecule has 0 saturated carbocycles. The molecule has 1 aromatic heterocycles. The van der Waals surface area contributed by atoms with Gasteiger partial charge in [0.1, 0.15) is 5.75 Å². The van der Waals surface area contributed by atoms with Gasteiger partial charge in [-0.2, -0.15) is 0 Å². The lowest BCUT2D eigenvalue weighted by atomic mass is 10.2. The Morgan fingerprint density at radius 2 is 1.94 bits per heavy atom. The van der Waals surface area contributed by atoms with Gasteiger partial charge in [0.15, 0.2) is 11.6 Å². The predicted octanol–water partition coefficient (Wildman–Crippen LogP) is 1.89. The first-order valence-corrected chi connectivity index (χ1v) is 5.27. The van der Waals surface area contributed by atoms with Crippen LogP contribution in [-0.2, 0) is 0 Å². The van der Waals surface area contributed by atoms with Crippen LogP contribution < -0.4 is 15.2 Å². The molecule has 1 aromatic carbocycles. The van der Waals surface area contributed by atoms with Gasteiger partial charge in [0.05, 0.1) is 12.7 Å². The van der Waals surface area contributed by atoms with Crippen molar-refractivity contribution in [3.8, 4) is 11.5 Å². The molecule has 0 fully saturated rings. The zero-order chi connectivity index (χ0) is 13.0. The SMILES string of the molecule is COc1ccc(C(=O)Oc2cccnc2N)cc1. The number of pyridine rings is 1. The summed E-state index contributed by atoms with van der Waals surface area (Å²) in [5, 5.41) is 0. The van der Waals surface area contributed by atoms with Crippen LogP contribution in [-0.4, -0.2) is 18.1 Å². The molecule has 5 heteroatoms. The molecule has 5 nitrogen and oxygen atoms in total. The molecule has 0 atom stereocenters. The molecular weight excluding hydrogens is 232 g/mol. The van der Waals surface area contributed by atoms with Crippen LogP contribution >= 0.6 is 0 Å². The average Bonchev–Trinajstić information content (AvgIpc) is 2.41.